The smallest absolute Gasteiger partial charge is 0.243 e. The van der Waals surface area contributed by atoms with E-state index in [1.54, 1.807) is 12.1 Å². The van der Waals surface area contributed by atoms with Gasteiger partial charge in [0.2, 0.25) is 10.0 Å². The van der Waals surface area contributed by atoms with Crippen LogP contribution in [0.25, 0.3) is 0 Å². The van der Waals surface area contributed by atoms with Crippen LogP contribution in [-0.4, -0.2) is 37.0 Å². The molecule has 1 saturated heterocycles. The number of hydrogen-bond acceptors (Lipinski definition) is 5. The zero-order chi connectivity index (χ0) is 14.6. The largest absolute Gasteiger partial charge is 0.395 e. The fourth-order valence-electron chi connectivity index (χ4n) is 2.51. The second-order valence-corrected chi connectivity index (χ2v) is 6.86. The Morgan fingerprint density at radius 3 is 2.55 bits per heavy atom. The number of nitrogen functional groups attached to an aromatic ring is 1. The third-order valence-corrected chi connectivity index (χ3v) is 5.63. The van der Waals surface area contributed by atoms with Crippen LogP contribution in [0, 0.1) is 0 Å². The number of hydrazine groups is 1. The monoisotopic (exact) mass is 299 g/mol. The molecule has 112 valence electrons. The van der Waals surface area contributed by atoms with Crippen molar-refractivity contribution in [2.75, 3.05) is 18.6 Å². The number of nitrogens with two attached hydrogens (primary N) is 1. The summed E-state index contributed by atoms with van der Waals surface area (Å²) in [5.74, 6) is 5.27. The van der Waals surface area contributed by atoms with Crippen LogP contribution < -0.4 is 11.3 Å². The lowest BCUT2D eigenvalue weighted by molar-refractivity contribution is 0.186. The standard InChI is InChI=1S/C13H21N3O3S/c14-15-11-5-7-13(8-6-11)20(18,19)16-9-3-1-2-4-12(16)10-17/h5-8,12,15,17H,1-4,9-10,14H2. The molecule has 1 aromatic rings. The number of benzene rings is 1. The van der Waals surface area contributed by atoms with Gasteiger partial charge in [0, 0.05) is 18.3 Å². The summed E-state index contributed by atoms with van der Waals surface area (Å²) in [5.41, 5.74) is 3.12. The Bertz CT molecular complexity index is 530. The third kappa shape index (κ3) is 3.12. The second-order valence-electron chi connectivity index (χ2n) is 4.97. The van der Waals surface area contributed by atoms with Gasteiger partial charge < -0.3 is 10.5 Å². The average molecular weight is 299 g/mol. The van der Waals surface area contributed by atoms with Gasteiger partial charge in [-0.05, 0) is 37.1 Å². The first-order valence-corrected chi connectivity index (χ1v) is 8.23. The van der Waals surface area contributed by atoms with E-state index in [0.717, 1.165) is 19.3 Å². The van der Waals surface area contributed by atoms with Crippen molar-refractivity contribution in [3.8, 4) is 0 Å². The number of nitrogens with zero attached hydrogens (tertiary/aromatic N) is 1. The van der Waals surface area contributed by atoms with Crippen LogP contribution in [0.4, 0.5) is 5.69 Å². The number of anilines is 1. The minimum absolute atomic E-state index is 0.137. The molecule has 1 aliphatic rings. The number of nitrogens with one attached hydrogen (secondary N) is 1. The number of hydrogen-bond donors (Lipinski definition) is 3. The quantitative estimate of drug-likeness (QED) is 0.567. The van der Waals surface area contributed by atoms with Crippen LogP contribution in [-0.2, 0) is 10.0 Å². The SMILES string of the molecule is NNc1ccc(S(=O)(=O)N2CCCCCC2CO)cc1. The number of sulfonamides is 1. The van der Waals surface area contributed by atoms with Crippen LogP contribution in [0.1, 0.15) is 25.7 Å². The summed E-state index contributed by atoms with van der Waals surface area (Å²) < 4.78 is 26.8. The van der Waals surface area contributed by atoms with Gasteiger partial charge in [-0.15, -0.1) is 0 Å². The molecule has 1 heterocycles. The molecule has 0 amide bonds. The van der Waals surface area contributed by atoms with Gasteiger partial charge in [0.05, 0.1) is 11.5 Å². The van der Waals surface area contributed by atoms with Crippen LogP contribution in [0.2, 0.25) is 0 Å². The highest BCUT2D eigenvalue weighted by molar-refractivity contribution is 7.89. The van der Waals surface area contributed by atoms with Crippen LogP contribution in [0.15, 0.2) is 29.2 Å². The molecular formula is C13H21N3O3S. The van der Waals surface area contributed by atoms with E-state index in [1.165, 1.54) is 16.4 Å². The molecule has 0 aromatic heterocycles. The molecule has 6 nitrogen and oxygen atoms in total. The van der Waals surface area contributed by atoms with E-state index in [1.807, 2.05) is 0 Å². The highest BCUT2D eigenvalue weighted by Crippen LogP contribution is 2.25. The molecule has 0 bridgehead atoms. The summed E-state index contributed by atoms with van der Waals surface area (Å²) in [6, 6.07) is 5.99. The topological polar surface area (TPSA) is 95.7 Å². The van der Waals surface area contributed by atoms with Gasteiger partial charge in [0.1, 0.15) is 0 Å². The third-order valence-electron chi connectivity index (χ3n) is 3.66. The normalized spacial score (nSPS) is 21.4. The van der Waals surface area contributed by atoms with Crippen molar-refractivity contribution in [1.29, 1.82) is 0 Å². The van der Waals surface area contributed by atoms with Crippen molar-refractivity contribution in [2.45, 2.75) is 36.6 Å². The first-order chi connectivity index (χ1) is 9.59. The number of aliphatic hydroxyl groups excluding tert-OH is 1. The molecule has 0 radical (unpaired) electrons. The van der Waals surface area contributed by atoms with E-state index in [2.05, 4.69) is 5.43 Å². The van der Waals surface area contributed by atoms with Crippen molar-refractivity contribution in [1.82, 2.24) is 4.31 Å². The maximum Gasteiger partial charge on any atom is 0.243 e. The van der Waals surface area contributed by atoms with Gasteiger partial charge >= 0.3 is 0 Å². The van der Waals surface area contributed by atoms with Crippen molar-refractivity contribution in [2.24, 2.45) is 5.84 Å². The first-order valence-electron chi connectivity index (χ1n) is 6.79. The Morgan fingerprint density at radius 2 is 1.95 bits per heavy atom. The highest BCUT2D eigenvalue weighted by atomic mass is 32.2. The van der Waals surface area contributed by atoms with E-state index >= 15 is 0 Å². The Hall–Kier alpha value is -1.15. The molecule has 2 rings (SSSR count). The van der Waals surface area contributed by atoms with Gasteiger partial charge in [-0.2, -0.15) is 4.31 Å². The Morgan fingerprint density at radius 1 is 1.25 bits per heavy atom. The first kappa shape index (κ1) is 15.2. The molecule has 0 aliphatic carbocycles. The molecule has 7 heteroatoms. The van der Waals surface area contributed by atoms with Gasteiger partial charge in [0.15, 0.2) is 0 Å². The predicted octanol–water partition coefficient (Wildman–Crippen LogP) is 0.898. The highest BCUT2D eigenvalue weighted by Gasteiger charge is 2.31. The van der Waals surface area contributed by atoms with Crippen LogP contribution in [0.3, 0.4) is 0 Å². The minimum atomic E-state index is -3.57. The lowest BCUT2D eigenvalue weighted by atomic mass is 10.1. The average Bonchev–Trinajstić information content (AvgIpc) is 2.73. The molecule has 1 fully saturated rings. The summed E-state index contributed by atoms with van der Waals surface area (Å²) in [5, 5.41) is 9.45. The van der Waals surface area contributed by atoms with Crippen molar-refractivity contribution in [3.05, 3.63) is 24.3 Å². The molecule has 20 heavy (non-hydrogen) atoms. The predicted molar refractivity (Wildman–Crippen MR) is 77.5 cm³/mol. The summed E-state index contributed by atoms with van der Waals surface area (Å²) in [6.45, 7) is 0.326. The number of aliphatic hydroxyl groups is 1. The van der Waals surface area contributed by atoms with E-state index < -0.39 is 10.0 Å². The van der Waals surface area contributed by atoms with E-state index in [0.29, 0.717) is 18.7 Å². The van der Waals surface area contributed by atoms with Gasteiger partial charge in [-0.3, -0.25) is 5.84 Å². The summed E-state index contributed by atoms with van der Waals surface area (Å²) in [6.07, 6.45) is 3.49. The summed E-state index contributed by atoms with van der Waals surface area (Å²) >= 11 is 0. The molecular weight excluding hydrogens is 278 g/mol. The second kappa shape index (κ2) is 6.53. The Labute approximate surface area is 119 Å². The maximum atomic E-state index is 12.7. The van der Waals surface area contributed by atoms with Crippen LogP contribution in [0.5, 0.6) is 0 Å². The van der Waals surface area contributed by atoms with Crippen molar-refractivity contribution < 1.29 is 13.5 Å². The Balaban J connectivity index is 2.30. The minimum Gasteiger partial charge on any atom is -0.395 e. The fourth-order valence-corrected chi connectivity index (χ4v) is 4.19. The zero-order valence-corrected chi connectivity index (χ0v) is 12.1. The van der Waals surface area contributed by atoms with E-state index in [-0.39, 0.29) is 17.5 Å². The molecule has 0 saturated carbocycles. The summed E-state index contributed by atoms with van der Waals surface area (Å²) in [7, 11) is -3.57. The summed E-state index contributed by atoms with van der Waals surface area (Å²) in [4.78, 5) is 0.233. The molecule has 1 atom stereocenters. The van der Waals surface area contributed by atoms with Gasteiger partial charge in [-0.25, -0.2) is 8.42 Å². The molecule has 1 aliphatic heterocycles. The Kier molecular flexibility index (Phi) is 4.98. The maximum absolute atomic E-state index is 12.7. The van der Waals surface area contributed by atoms with E-state index in [4.69, 9.17) is 5.84 Å². The van der Waals surface area contributed by atoms with E-state index in [9.17, 15) is 13.5 Å². The molecule has 0 spiro atoms. The van der Waals surface area contributed by atoms with Crippen LogP contribution >= 0.6 is 0 Å². The molecule has 4 N–H and O–H groups in total. The fraction of sp³-hybridized carbons (Fsp3) is 0.538. The van der Waals surface area contributed by atoms with Crippen molar-refractivity contribution >= 4 is 15.7 Å². The van der Waals surface area contributed by atoms with Crippen molar-refractivity contribution in [3.63, 3.8) is 0 Å². The lowest BCUT2D eigenvalue weighted by Gasteiger charge is -2.27. The number of rotatable bonds is 4. The van der Waals surface area contributed by atoms with Gasteiger partial charge in [-0.1, -0.05) is 12.8 Å². The lowest BCUT2D eigenvalue weighted by Crippen LogP contribution is -2.42. The molecule has 1 unspecified atom stereocenters. The van der Waals surface area contributed by atoms with Gasteiger partial charge in [0.25, 0.3) is 0 Å². The zero-order valence-electron chi connectivity index (χ0n) is 11.3. The molecule has 1 aromatic carbocycles.